The number of aromatic hydroxyl groups is 1. The van der Waals surface area contributed by atoms with E-state index in [0.717, 1.165) is 17.2 Å². The highest BCUT2D eigenvalue weighted by Crippen LogP contribution is 2.44. The van der Waals surface area contributed by atoms with E-state index >= 15 is 0 Å². The maximum Gasteiger partial charge on any atom is 0.320 e. The molecule has 56 heavy (non-hydrogen) atoms. The highest BCUT2D eigenvalue weighted by Gasteiger charge is 2.34. The second-order valence-electron chi connectivity index (χ2n) is 13.2. The molecule has 0 unspecified atom stereocenters. The summed E-state index contributed by atoms with van der Waals surface area (Å²) in [5.41, 5.74) is 4.22. The smallest absolute Gasteiger partial charge is 0.320 e. The minimum atomic E-state index is -4.81. The number of nitrogens with one attached hydrogen (secondary N) is 3. The molecular weight excluding hydrogens is 735 g/mol. The Bertz CT molecular complexity index is 2970. The summed E-state index contributed by atoms with van der Waals surface area (Å²) < 4.78 is 36.6. The topological polar surface area (TPSA) is 206 Å². The van der Waals surface area contributed by atoms with Crippen molar-refractivity contribution in [1.29, 1.82) is 0 Å². The van der Waals surface area contributed by atoms with Crippen molar-refractivity contribution in [2.75, 3.05) is 16.0 Å². The zero-order valence-corrected chi connectivity index (χ0v) is 30.8. The van der Waals surface area contributed by atoms with Crippen LogP contribution in [0, 0.1) is 13.8 Å². The molecule has 15 heteroatoms. The van der Waals surface area contributed by atoms with E-state index in [1.807, 2.05) is 32.0 Å². The molecule has 0 saturated carbocycles. The molecule has 2 aromatic heterocycles. The van der Waals surface area contributed by atoms with Crippen LogP contribution in [0.4, 0.5) is 34.6 Å². The Labute approximate surface area is 319 Å². The molecule has 1 aliphatic rings. The highest BCUT2D eigenvalue weighted by atomic mass is 32.2. The Balaban J connectivity index is 1.25. The molecule has 0 radical (unpaired) electrons. The van der Waals surface area contributed by atoms with E-state index < -0.39 is 32.4 Å². The lowest BCUT2D eigenvalue weighted by Gasteiger charge is -2.25. The van der Waals surface area contributed by atoms with Crippen molar-refractivity contribution >= 4 is 67.2 Å². The number of anilines is 6. The van der Waals surface area contributed by atoms with Crippen LogP contribution in [-0.2, 0) is 17.2 Å². The van der Waals surface area contributed by atoms with Crippen LogP contribution in [0.25, 0.3) is 22.0 Å². The van der Waals surface area contributed by atoms with Gasteiger partial charge in [0.2, 0.25) is 11.9 Å². The van der Waals surface area contributed by atoms with Gasteiger partial charge in [-0.25, -0.2) is 0 Å². The number of hydrogen-bond donors (Lipinski definition) is 5. The van der Waals surface area contributed by atoms with Crippen LogP contribution >= 0.6 is 0 Å². The summed E-state index contributed by atoms with van der Waals surface area (Å²) in [4.78, 5) is 54.1. The molecule has 0 aliphatic heterocycles. The van der Waals surface area contributed by atoms with E-state index in [2.05, 4.69) is 30.9 Å². The van der Waals surface area contributed by atoms with Gasteiger partial charge in [0.05, 0.1) is 28.0 Å². The molecular formula is C41H31N7O7S. The van der Waals surface area contributed by atoms with E-state index in [9.17, 15) is 32.5 Å². The Kier molecular flexibility index (Phi) is 8.67. The number of para-hydroxylation sites is 1. The highest BCUT2D eigenvalue weighted by molar-refractivity contribution is 7.86. The van der Waals surface area contributed by atoms with E-state index in [-0.39, 0.29) is 45.7 Å². The monoisotopic (exact) mass is 765 g/mol. The molecule has 0 spiro atoms. The molecule has 0 bridgehead atoms. The first-order valence-electron chi connectivity index (χ1n) is 17.2. The van der Waals surface area contributed by atoms with Crippen LogP contribution < -0.4 is 21.5 Å². The molecule has 14 nitrogen and oxygen atoms in total. The number of carbonyl (C=O) groups excluding carboxylic acids is 2. The predicted octanol–water partition coefficient (Wildman–Crippen LogP) is 6.97. The fourth-order valence-electron chi connectivity index (χ4n) is 7.03. The molecule has 0 fully saturated rings. The minimum absolute atomic E-state index is 0.0375. The molecule has 7 aromatic rings. The number of carbonyl (C=O) groups is 2. The van der Waals surface area contributed by atoms with Gasteiger partial charge in [0.15, 0.2) is 11.6 Å². The second-order valence-corrected chi connectivity index (χ2v) is 14.6. The Morgan fingerprint density at radius 2 is 1.38 bits per heavy atom. The molecule has 0 saturated heterocycles. The number of hydrogen-bond acceptors (Lipinski definition) is 12. The van der Waals surface area contributed by atoms with Crippen LogP contribution in [0.5, 0.6) is 6.01 Å². The Morgan fingerprint density at radius 1 is 0.714 bits per heavy atom. The molecule has 0 atom stereocenters. The van der Waals surface area contributed by atoms with Crippen molar-refractivity contribution in [1.82, 2.24) is 19.5 Å². The number of fused-ring (bicyclic) bond motifs is 2. The first-order chi connectivity index (χ1) is 26.8. The van der Waals surface area contributed by atoms with Gasteiger partial charge in [-0.15, -0.1) is 0 Å². The number of aryl methyl sites for hydroxylation is 3. The van der Waals surface area contributed by atoms with Gasteiger partial charge in [-0.1, -0.05) is 72.8 Å². The van der Waals surface area contributed by atoms with Gasteiger partial charge in [0.25, 0.3) is 15.7 Å². The number of nitrogens with zero attached hydrogens (tertiary/aromatic N) is 4. The maximum absolute atomic E-state index is 14.4. The van der Waals surface area contributed by atoms with Gasteiger partial charge in [0, 0.05) is 40.5 Å². The van der Waals surface area contributed by atoms with Gasteiger partial charge in [-0.05, 0) is 60.9 Å². The van der Waals surface area contributed by atoms with Crippen molar-refractivity contribution in [2.45, 2.75) is 18.7 Å². The standard InChI is InChI=1S/C41H31N7O7S/c1-21-10-9-11-22(2)35(21)44-40-45-39(46-41(52)47-40)43-28-20-24(16-19-30(28)56(53,54)55)42-27-17-18-29-33-31(25-14-7-8-15-26(25)37(50)32(27)33)34(38(51)48(29)3)36(49)23-12-5-4-6-13-23/h4-20,42H,1-3H3,(H,53,54,55)(H3,43,44,45,46,47,52). The number of benzene rings is 5. The van der Waals surface area contributed by atoms with E-state index in [1.165, 1.54) is 16.7 Å². The third-order valence-electron chi connectivity index (χ3n) is 9.62. The van der Waals surface area contributed by atoms with Crippen molar-refractivity contribution in [3.63, 3.8) is 0 Å². The molecule has 1 aliphatic carbocycles. The zero-order valence-electron chi connectivity index (χ0n) is 29.9. The number of ketones is 2. The first-order valence-corrected chi connectivity index (χ1v) is 18.6. The quantitative estimate of drug-likeness (QED) is 0.0745. The lowest BCUT2D eigenvalue weighted by atomic mass is 9.80. The molecule has 8 rings (SSSR count). The van der Waals surface area contributed by atoms with E-state index in [4.69, 9.17) is 0 Å². The number of pyridine rings is 1. The summed E-state index contributed by atoms with van der Waals surface area (Å²) >= 11 is 0. The fraction of sp³-hybridized carbons (Fsp3) is 0.0732. The molecule has 0 amide bonds. The normalized spacial score (nSPS) is 12.0. The largest absolute Gasteiger partial charge is 0.479 e. The third-order valence-corrected chi connectivity index (χ3v) is 10.5. The van der Waals surface area contributed by atoms with Crippen molar-refractivity contribution in [3.05, 3.63) is 147 Å². The van der Waals surface area contributed by atoms with Crippen LogP contribution in [0.3, 0.4) is 0 Å². The average molecular weight is 766 g/mol. The maximum atomic E-state index is 14.4. The number of rotatable bonds is 9. The average Bonchev–Trinajstić information content (AvgIpc) is 3.16. The van der Waals surface area contributed by atoms with Gasteiger partial charge >= 0.3 is 6.01 Å². The molecule has 5 N–H and O–H groups in total. The van der Waals surface area contributed by atoms with Crippen LogP contribution in [0.2, 0.25) is 0 Å². The van der Waals surface area contributed by atoms with Crippen molar-refractivity contribution in [2.24, 2.45) is 7.05 Å². The lowest BCUT2D eigenvalue weighted by Crippen LogP contribution is -2.29. The third kappa shape index (κ3) is 6.19. The van der Waals surface area contributed by atoms with Gasteiger partial charge in [-0.2, -0.15) is 23.4 Å². The Morgan fingerprint density at radius 3 is 2.07 bits per heavy atom. The van der Waals surface area contributed by atoms with E-state index in [1.54, 1.807) is 73.8 Å². The van der Waals surface area contributed by atoms with E-state index in [0.29, 0.717) is 39.0 Å². The summed E-state index contributed by atoms with van der Waals surface area (Å²) in [6.07, 6.45) is 0. The zero-order chi connectivity index (χ0) is 39.5. The summed E-state index contributed by atoms with van der Waals surface area (Å²) in [6.45, 7) is 3.76. The minimum Gasteiger partial charge on any atom is -0.479 e. The van der Waals surface area contributed by atoms with Crippen molar-refractivity contribution in [3.8, 4) is 17.1 Å². The lowest BCUT2D eigenvalue weighted by molar-refractivity contribution is 0.102. The first kappa shape index (κ1) is 35.8. The summed E-state index contributed by atoms with van der Waals surface area (Å²) in [5.74, 6) is -1.15. The molecule has 5 aromatic carbocycles. The summed E-state index contributed by atoms with van der Waals surface area (Å²) in [6, 6.07) is 27.4. The second kappa shape index (κ2) is 13.6. The van der Waals surface area contributed by atoms with Gasteiger partial charge in [0.1, 0.15) is 4.90 Å². The predicted molar refractivity (Wildman–Crippen MR) is 211 cm³/mol. The number of aromatic nitrogens is 4. The molecule has 2 heterocycles. The van der Waals surface area contributed by atoms with Gasteiger partial charge < -0.3 is 25.6 Å². The van der Waals surface area contributed by atoms with Crippen LogP contribution in [-0.4, -0.2) is 49.2 Å². The summed E-state index contributed by atoms with van der Waals surface area (Å²) in [7, 11) is -3.27. The Hall–Kier alpha value is -7.23. The SMILES string of the molecule is Cc1cccc(C)c1Nc1nc(O)nc(Nc2cc(Nc3ccc4c5c3C(=O)c3ccccc3-c5c(C(=O)c3ccccc3)c(=O)n4C)ccc2S(=O)(=O)O)n1. The molecule has 278 valence electrons. The van der Waals surface area contributed by atoms with Gasteiger partial charge in [-0.3, -0.25) is 18.9 Å². The van der Waals surface area contributed by atoms with Crippen LogP contribution in [0.15, 0.2) is 113 Å². The van der Waals surface area contributed by atoms with Crippen molar-refractivity contribution < 1.29 is 27.7 Å². The summed E-state index contributed by atoms with van der Waals surface area (Å²) in [5, 5.41) is 19.8. The fourth-order valence-corrected chi connectivity index (χ4v) is 7.66. The van der Waals surface area contributed by atoms with Crippen LogP contribution in [0.1, 0.15) is 43.0 Å².